The number of carbonyl (C=O) groups is 1. The van der Waals surface area contributed by atoms with Crippen LogP contribution in [0.5, 0.6) is 0 Å². The maximum Gasteiger partial charge on any atom is 0.234 e. The van der Waals surface area contributed by atoms with Gasteiger partial charge in [-0.1, -0.05) is 29.4 Å². The van der Waals surface area contributed by atoms with Crippen molar-refractivity contribution in [2.24, 2.45) is 23.2 Å². The monoisotopic (exact) mass is 457 g/mol. The van der Waals surface area contributed by atoms with Gasteiger partial charge in [0.15, 0.2) is 10.3 Å². The summed E-state index contributed by atoms with van der Waals surface area (Å²) in [6, 6.07) is 3.48. The van der Waals surface area contributed by atoms with Gasteiger partial charge in [0.25, 0.3) is 0 Å². The standard InChI is InChI=1S/C23H28ClN5OS/c1-2-6-29-19(13-23-10-15-7-16(11-23)9-17(8-15)12-23)27-28-22(29)31-14-20(30)26-18-4-3-5-25-21(18)24/h2-5,15-17H,1,6-14H2,(H,26,30). The predicted molar refractivity (Wildman–Crippen MR) is 123 cm³/mol. The number of nitrogens with one attached hydrogen (secondary N) is 1. The fourth-order valence-corrected chi connectivity index (χ4v) is 7.44. The number of hydrogen-bond donors (Lipinski definition) is 1. The number of hydrogen-bond acceptors (Lipinski definition) is 5. The summed E-state index contributed by atoms with van der Waals surface area (Å²) in [5.41, 5.74) is 0.918. The fraction of sp³-hybridized carbons (Fsp3) is 0.565. The highest BCUT2D eigenvalue weighted by Gasteiger charge is 2.51. The summed E-state index contributed by atoms with van der Waals surface area (Å²) in [7, 11) is 0. The molecule has 1 amide bonds. The molecular formula is C23H28ClN5OS. The van der Waals surface area contributed by atoms with Crippen LogP contribution in [0, 0.1) is 23.2 Å². The molecule has 8 heteroatoms. The van der Waals surface area contributed by atoms with Crippen molar-refractivity contribution in [1.29, 1.82) is 0 Å². The molecule has 4 aliphatic carbocycles. The molecule has 4 fully saturated rings. The Kier molecular flexibility index (Phi) is 5.82. The molecule has 4 aliphatic rings. The first kappa shape index (κ1) is 21.0. The molecule has 2 aromatic heterocycles. The Labute approximate surface area is 192 Å². The molecule has 0 atom stereocenters. The zero-order valence-corrected chi connectivity index (χ0v) is 19.2. The lowest BCUT2D eigenvalue weighted by Crippen LogP contribution is -2.47. The number of amides is 1. The van der Waals surface area contributed by atoms with E-state index < -0.39 is 0 Å². The van der Waals surface area contributed by atoms with Crippen LogP contribution >= 0.6 is 23.4 Å². The first-order valence-electron chi connectivity index (χ1n) is 11.1. The van der Waals surface area contributed by atoms with Gasteiger partial charge in [0.2, 0.25) is 5.91 Å². The number of allylic oxidation sites excluding steroid dienone is 1. The van der Waals surface area contributed by atoms with Crippen molar-refractivity contribution in [3.63, 3.8) is 0 Å². The first-order valence-corrected chi connectivity index (χ1v) is 12.5. The topological polar surface area (TPSA) is 72.7 Å². The van der Waals surface area contributed by atoms with Crippen LogP contribution in [-0.2, 0) is 17.8 Å². The Balaban J connectivity index is 1.27. The SMILES string of the molecule is C=CCn1c(CC23CC4CC(CC(C4)C2)C3)nnc1SCC(=O)Nc1cccnc1Cl. The predicted octanol–water partition coefficient (Wildman–Crippen LogP) is 5.00. The molecule has 0 spiro atoms. The van der Waals surface area contributed by atoms with Crippen LogP contribution < -0.4 is 5.32 Å². The van der Waals surface area contributed by atoms with Gasteiger partial charge in [-0.25, -0.2) is 4.98 Å². The van der Waals surface area contributed by atoms with Gasteiger partial charge in [-0.3, -0.25) is 4.79 Å². The molecule has 6 nitrogen and oxygen atoms in total. The Morgan fingerprint density at radius 1 is 1.26 bits per heavy atom. The van der Waals surface area contributed by atoms with Crippen LogP contribution in [0.4, 0.5) is 5.69 Å². The average molecular weight is 458 g/mol. The number of nitrogens with zero attached hydrogens (tertiary/aromatic N) is 4. The van der Waals surface area contributed by atoms with Crippen LogP contribution in [-0.4, -0.2) is 31.4 Å². The van der Waals surface area contributed by atoms with E-state index in [1.807, 2.05) is 6.08 Å². The van der Waals surface area contributed by atoms with E-state index in [0.717, 1.165) is 35.2 Å². The van der Waals surface area contributed by atoms with Crippen molar-refractivity contribution in [2.75, 3.05) is 11.1 Å². The molecule has 0 aliphatic heterocycles. The highest BCUT2D eigenvalue weighted by atomic mass is 35.5. The zero-order valence-electron chi connectivity index (χ0n) is 17.6. The summed E-state index contributed by atoms with van der Waals surface area (Å²) >= 11 is 7.43. The van der Waals surface area contributed by atoms with E-state index in [1.165, 1.54) is 50.3 Å². The molecule has 4 saturated carbocycles. The van der Waals surface area contributed by atoms with Gasteiger partial charge in [0.05, 0.1) is 11.4 Å². The Morgan fingerprint density at radius 3 is 2.61 bits per heavy atom. The molecule has 2 heterocycles. The number of pyridine rings is 1. The van der Waals surface area contributed by atoms with E-state index in [2.05, 4.69) is 31.6 Å². The van der Waals surface area contributed by atoms with Gasteiger partial charge in [0, 0.05) is 19.2 Å². The Morgan fingerprint density at radius 2 is 1.97 bits per heavy atom. The van der Waals surface area contributed by atoms with E-state index in [1.54, 1.807) is 18.3 Å². The van der Waals surface area contributed by atoms with Crippen molar-refractivity contribution in [2.45, 2.75) is 56.6 Å². The number of rotatable bonds is 8. The van der Waals surface area contributed by atoms with E-state index in [0.29, 0.717) is 17.6 Å². The highest BCUT2D eigenvalue weighted by Crippen LogP contribution is 2.61. The molecule has 31 heavy (non-hydrogen) atoms. The van der Waals surface area contributed by atoms with Gasteiger partial charge in [-0.05, 0) is 73.8 Å². The Bertz CT molecular complexity index is 955. The van der Waals surface area contributed by atoms with Gasteiger partial charge in [0.1, 0.15) is 5.82 Å². The van der Waals surface area contributed by atoms with Crippen molar-refractivity contribution in [1.82, 2.24) is 19.7 Å². The second-order valence-corrected chi connectivity index (χ2v) is 10.9. The molecule has 1 N–H and O–H groups in total. The molecule has 0 radical (unpaired) electrons. The van der Waals surface area contributed by atoms with Gasteiger partial charge < -0.3 is 9.88 Å². The normalized spacial score (nSPS) is 28.6. The van der Waals surface area contributed by atoms with Crippen LogP contribution in [0.25, 0.3) is 0 Å². The van der Waals surface area contributed by atoms with Crippen molar-refractivity contribution in [3.05, 3.63) is 42.0 Å². The smallest absolute Gasteiger partial charge is 0.234 e. The zero-order chi connectivity index (χ0) is 21.4. The highest BCUT2D eigenvalue weighted by molar-refractivity contribution is 7.99. The second-order valence-electron chi connectivity index (χ2n) is 9.57. The van der Waals surface area contributed by atoms with Gasteiger partial charge >= 0.3 is 0 Å². The van der Waals surface area contributed by atoms with Gasteiger partial charge in [-0.15, -0.1) is 16.8 Å². The van der Waals surface area contributed by atoms with Crippen molar-refractivity contribution < 1.29 is 4.79 Å². The summed E-state index contributed by atoms with van der Waals surface area (Å²) < 4.78 is 2.14. The van der Waals surface area contributed by atoms with E-state index >= 15 is 0 Å². The summed E-state index contributed by atoms with van der Waals surface area (Å²) in [6.07, 6.45) is 12.8. The third kappa shape index (κ3) is 4.40. The van der Waals surface area contributed by atoms with Crippen LogP contribution in [0.2, 0.25) is 5.15 Å². The number of aromatic nitrogens is 4. The largest absolute Gasteiger partial charge is 0.323 e. The van der Waals surface area contributed by atoms with Crippen molar-refractivity contribution in [3.8, 4) is 0 Å². The van der Waals surface area contributed by atoms with E-state index in [9.17, 15) is 4.79 Å². The molecule has 2 aromatic rings. The summed E-state index contributed by atoms with van der Waals surface area (Å²) in [4.78, 5) is 16.4. The molecule has 6 rings (SSSR count). The van der Waals surface area contributed by atoms with Crippen LogP contribution in [0.15, 0.2) is 36.1 Å². The molecule has 0 aromatic carbocycles. The lowest BCUT2D eigenvalue weighted by atomic mass is 9.49. The average Bonchev–Trinajstić information content (AvgIpc) is 3.08. The van der Waals surface area contributed by atoms with Crippen LogP contribution in [0.3, 0.4) is 0 Å². The van der Waals surface area contributed by atoms with Crippen molar-refractivity contribution >= 4 is 35.0 Å². The van der Waals surface area contributed by atoms with Crippen LogP contribution in [0.1, 0.15) is 44.3 Å². The minimum Gasteiger partial charge on any atom is -0.323 e. The summed E-state index contributed by atoms with van der Waals surface area (Å²) in [5, 5.41) is 12.9. The van der Waals surface area contributed by atoms with E-state index in [-0.39, 0.29) is 16.8 Å². The Hall–Kier alpha value is -1.86. The summed E-state index contributed by atoms with van der Waals surface area (Å²) in [6.45, 7) is 4.58. The first-order chi connectivity index (χ1) is 15.0. The minimum absolute atomic E-state index is 0.143. The quantitative estimate of drug-likeness (QED) is 0.343. The van der Waals surface area contributed by atoms with E-state index in [4.69, 9.17) is 11.6 Å². The summed E-state index contributed by atoms with van der Waals surface area (Å²) in [5.74, 6) is 3.88. The number of thioether (sulfide) groups is 1. The fourth-order valence-electron chi connectivity index (χ4n) is 6.51. The number of carbonyl (C=O) groups excluding carboxylic acids is 1. The second kappa shape index (κ2) is 8.58. The lowest BCUT2D eigenvalue weighted by Gasteiger charge is -2.56. The number of halogens is 1. The third-order valence-corrected chi connectivity index (χ3v) is 8.44. The molecule has 0 saturated heterocycles. The number of anilines is 1. The maximum absolute atomic E-state index is 12.4. The third-order valence-electron chi connectivity index (χ3n) is 7.17. The molecule has 0 unspecified atom stereocenters. The van der Waals surface area contributed by atoms with Gasteiger partial charge in [-0.2, -0.15) is 0 Å². The lowest BCUT2D eigenvalue weighted by molar-refractivity contribution is -0.113. The molecule has 4 bridgehead atoms. The molecule has 164 valence electrons. The maximum atomic E-state index is 12.4. The minimum atomic E-state index is -0.143. The molecular weight excluding hydrogens is 430 g/mol.